The van der Waals surface area contributed by atoms with Gasteiger partial charge < -0.3 is 11.1 Å². The van der Waals surface area contributed by atoms with Gasteiger partial charge in [-0.25, -0.2) is 0 Å². The second-order valence-electron chi connectivity index (χ2n) is 3.31. The summed E-state index contributed by atoms with van der Waals surface area (Å²) in [6.07, 6.45) is 0. The molecule has 66 valence electrons. The molecule has 1 aromatic carbocycles. The van der Waals surface area contributed by atoms with Gasteiger partial charge in [-0.2, -0.15) is 5.26 Å². The minimum Gasteiger partial charge on any atom is -0.398 e. The number of anilines is 1. The highest BCUT2D eigenvalue weighted by molar-refractivity contribution is 5.55. The van der Waals surface area contributed by atoms with Crippen LogP contribution in [0.3, 0.4) is 0 Å². The van der Waals surface area contributed by atoms with Gasteiger partial charge >= 0.3 is 0 Å². The molecule has 1 saturated heterocycles. The predicted octanol–water partition coefficient (Wildman–Crippen LogP) is 0.827. The van der Waals surface area contributed by atoms with Crippen LogP contribution in [0.4, 0.5) is 5.69 Å². The van der Waals surface area contributed by atoms with E-state index < -0.39 is 0 Å². The number of nitriles is 1. The predicted molar refractivity (Wildman–Crippen MR) is 51.2 cm³/mol. The normalized spacial score (nSPS) is 16.2. The van der Waals surface area contributed by atoms with Crippen molar-refractivity contribution < 1.29 is 0 Å². The molecule has 0 atom stereocenters. The number of nitrogen functional groups attached to an aromatic ring is 1. The number of rotatable bonds is 1. The maximum Gasteiger partial charge on any atom is 0.101 e. The highest BCUT2D eigenvalue weighted by Gasteiger charge is 2.19. The molecule has 1 aliphatic rings. The second-order valence-corrected chi connectivity index (χ2v) is 3.31. The van der Waals surface area contributed by atoms with Gasteiger partial charge in [0.05, 0.1) is 5.56 Å². The summed E-state index contributed by atoms with van der Waals surface area (Å²) in [7, 11) is 0. The first-order chi connectivity index (χ1) is 6.31. The zero-order valence-corrected chi connectivity index (χ0v) is 7.25. The van der Waals surface area contributed by atoms with Crippen LogP contribution < -0.4 is 11.1 Å². The summed E-state index contributed by atoms with van der Waals surface area (Å²) in [6.45, 7) is 2.02. The van der Waals surface area contributed by atoms with Crippen molar-refractivity contribution in [1.29, 1.82) is 5.26 Å². The number of benzene rings is 1. The molecular weight excluding hydrogens is 162 g/mol. The summed E-state index contributed by atoms with van der Waals surface area (Å²) in [5.74, 6) is 0.563. The fraction of sp³-hybridized carbons (Fsp3) is 0.300. The molecule has 0 unspecified atom stereocenters. The van der Waals surface area contributed by atoms with Crippen molar-refractivity contribution >= 4 is 5.69 Å². The topological polar surface area (TPSA) is 61.8 Å². The molecule has 0 aliphatic carbocycles. The van der Waals surface area contributed by atoms with Crippen LogP contribution in [0.25, 0.3) is 0 Å². The Morgan fingerprint density at radius 3 is 2.77 bits per heavy atom. The molecule has 13 heavy (non-hydrogen) atoms. The van der Waals surface area contributed by atoms with Crippen molar-refractivity contribution in [2.45, 2.75) is 5.92 Å². The Hall–Kier alpha value is -1.53. The zero-order valence-electron chi connectivity index (χ0n) is 7.25. The Balaban J connectivity index is 2.33. The summed E-state index contributed by atoms with van der Waals surface area (Å²) in [6, 6.07) is 7.80. The monoisotopic (exact) mass is 173 g/mol. The summed E-state index contributed by atoms with van der Waals surface area (Å²) >= 11 is 0. The van der Waals surface area contributed by atoms with Crippen molar-refractivity contribution in [3.8, 4) is 6.07 Å². The SMILES string of the molecule is N#Cc1cc(C2CNC2)ccc1N. The standard InChI is InChI=1S/C10H11N3/c11-4-8-3-7(1-2-10(8)12)9-5-13-6-9/h1-3,9,13H,5-6,12H2. The van der Waals surface area contributed by atoms with E-state index in [0.717, 1.165) is 13.1 Å². The van der Waals surface area contributed by atoms with Crippen molar-refractivity contribution in [2.24, 2.45) is 0 Å². The van der Waals surface area contributed by atoms with Gasteiger partial charge in [0, 0.05) is 24.7 Å². The molecule has 3 nitrogen and oxygen atoms in total. The molecule has 3 heteroatoms. The van der Waals surface area contributed by atoms with E-state index in [1.54, 1.807) is 0 Å². The van der Waals surface area contributed by atoms with Crippen molar-refractivity contribution in [3.63, 3.8) is 0 Å². The van der Waals surface area contributed by atoms with Gasteiger partial charge in [-0.1, -0.05) is 6.07 Å². The Labute approximate surface area is 77.2 Å². The first kappa shape index (κ1) is 8.09. The van der Waals surface area contributed by atoms with Gasteiger partial charge in [0.2, 0.25) is 0 Å². The van der Waals surface area contributed by atoms with Crippen molar-refractivity contribution in [2.75, 3.05) is 18.8 Å². The quantitative estimate of drug-likeness (QED) is 0.618. The largest absolute Gasteiger partial charge is 0.398 e. The summed E-state index contributed by atoms with van der Waals surface area (Å²) < 4.78 is 0. The third-order valence-corrected chi connectivity index (χ3v) is 2.45. The number of hydrogen-bond acceptors (Lipinski definition) is 3. The Morgan fingerprint density at radius 1 is 1.46 bits per heavy atom. The molecule has 0 bridgehead atoms. The smallest absolute Gasteiger partial charge is 0.101 e. The van der Waals surface area contributed by atoms with Crippen LogP contribution >= 0.6 is 0 Å². The minimum atomic E-state index is 0.563. The molecule has 3 N–H and O–H groups in total. The highest BCUT2D eigenvalue weighted by atomic mass is 14.9. The average Bonchev–Trinajstić information content (AvgIpc) is 2.05. The van der Waals surface area contributed by atoms with Crippen LogP contribution in [0, 0.1) is 11.3 Å². The fourth-order valence-corrected chi connectivity index (χ4v) is 1.45. The van der Waals surface area contributed by atoms with Crippen molar-refractivity contribution in [1.82, 2.24) is 5.32 Å². The third-order valence-electron chi connectivity index (χ3n) is 2.45. The van der Waals surface area contributed by atoms with E-state index in [1.165, 1.54) is 5.56 Å². The molecule has 1 fully saturated rings. The lowest BCUT2D eigenvalue weighted by Crippen LogP contribution is -2.39. The summed E-state index contributed by atoms with van der Waals surface area (Å²) in [5, 5.41) is 12.0. The van der Waals surface area contributed by atoms with Crippen LogP contribution in [0.2, 0.25) is 0 Å². The molecule has 1 aliphatic heterocycles. The maximum atomic E-state index is 8.77. The van der Waals surface area contributed by atoms with E-state index in [-0.39, 0.29) is 0 Å². The fourth-order valence-electron chi connectivity index (χ4n) is 1.45. The minimum absolute atomic E-state index is 0.563. The lowest BCUT2D eigenvalue weighted by atomic mass is 9.92. The molecule has 0 aromatic heterocycles. The molecule has 0 amide bonds. The number of nitrogens with zero attached hydrogens (tertiary/aromatic N) is 1. The van der Waals surface area contributed by atoms with Crippen LogP contribution in [-0.4, -0.2) is 13.1 Å². The van der Waals surface area contributed by atoms with Gasteiger partial charge in [-0.15, -0.1) is 0 Å². The van der Waals surface area contributed by atoms with Crippen LogP contribution in [-0.2, 0) is 0 Å². The lowest BCUT2D eigenvalue weighted by Gasteiger charge is -2.27. The first-order valence-electron chi connectivity index (χ1n) is 4.31. The Morgan fingerprint density at radius 2 is 2.23 bits per heavy atom. The molecule has 0 radical (unpaired) electrons. The first-order valence-corrected chi connectivity index (χ1v) is 4.31. The van der Waals surface area contributed by atoms with Gasteiger partial charge in [-0.05, 0) is 17.7 Å². The van der Waals surface area contributed by atoms with Gasteiger partial charge in [0.1, 0.15) is 6.07 Å². The summed E-state index contributed by atoms with van der Waals surface area (Å²) in [5.41, 5.74) is 7.99. The number of hydrogen-bond donors (Lipinski definition) is 2. The van der Waals surface area contributed by atoms with E-state index in [9.17, 15) is 0 Å². The van der Waals surface area contributed by atoms with E-state index in [1.807, 2.05) is 18.2 Å². The van der Waals surface area contributed by atoms with E-state index >= 15 is 0 Å². The Bertz CT molecular complexity index is 361. The molecular formula is C10H11N3. The zero-order chi connectivity index (χ0) is 9.26. The second kappa shape index (κ2) is 3.08. The van der Waals surface area contributed by atoms with E-state index in [2.05, 4.69) is 11.4 Å². The number of nitrogens with one attached hydrogen (secondary N) is 1. The van der Waals surface area contributed by atoms with E-state index in [0.29, 0.717) is 17.2 Å². The van der Waals surface area contributed by atoms with Gasteiger partial charge in [0.25, 0.3) is 0 Å². The van der Waals surface area contributed by atoms with Crippen LogP contribution in [0.15, 0.2) is 18.2 Å². The van der Waals surface area contributed by atoms with Gasteiger partial charge in [-0.3, -0.25) is 0 Å². The molecule has 1 aromatic rings. The maximum absolute atomic E-state index is 8.77. The van der Waals surface area contributed by atoms with Gasteiger partial charge in [0.15, 0.2) is 0 Å². The summed E-state index contributed by atoms with van der Waals surface area (Å²) in [4.78, 5) is 0. The molecule has 0 spiro atoms. The molecule has 2 rings (SSSR count). The van der Waals surface area contributed by atoms with Crippen LogP contribution in [0.1, 0.15) is 17.0 Å². The molecule has 1 heterocycles. The lowest BCUT2D eigenvalue weighted by molar-refractivity contribution is 0.448. The highest BCUT2D eigenvalue weighted by Crippen LogP contribution is 2.23. The van der Waals surface area contributed by atoms with Crippen molar-refractivity contribution in [3.05, 3.63) is 29.3 Å². The van der Waals surface area contributed by atoms with Crippen LogP contribution in [0.5, 0.6) is 0 Å². The molecule has 0 saturated carbocycles. The van der Waals surface area contributed by atoms with E-state index in [4.69, 9.17) is 11.0 Å². The average molecular weight is 173 g/mol. The Kier molecular flexibility index (Phi) is 1.91. The number of nitrogens with two attached hydrogens (primary N) is 1. The third kappa shape index (κ3) is 1.36.